The zero-order valence-corrected chi connectivity index (χ0v) is 14.5. The van der Waals surface area contributed by atoms with Gasteiger partial charge >= 0.3 is 0 Å². The molecule has 0 aliphatic heterocycles. The van der Waals surface area contributed by atoms with Crippen LogP contribution >= 0.6 is 34.0 Å². The van der Waals surface area contributed by atoms with E-state index in [1.165, 1.54) is 22.7 Å². The molecule has 0 fully saturated rings. The van der Waals surface area contributed by atoms with Gasteiger partial charge in [0.05, 0.1) is 10.2 Å². The average molecular weight is 357 g/mol. The Morgan fingerprint density at radius 2 is 2.00 bits per heavy atom. The van der Waals surface area contributed by atoms with Crippen LogP contribution in [-0.4, -0.2) is 22.9 Å². The summed E-state index contributed by atoms with van der Waals surface area (Å²) >= 11 is 4.61. The quantitative estimate of drug-likeness (QED) is 0.531. The van der Waals surface area contributed by atoms with Gasteiger partial charge in [-0.05, 0) is 23.6 Å². The van der Waals surface area contributed by atoms with Gasteiger partial charge in [-0.25, -0.2) is 9.97 Å². The molecule has 3 aromatic heterocycles. The monoisotopic (exact) mass is 357 g/mol. The van der Waals surface area contributed by atoms with Gasteiger partial charge in [0.15, 0.2) is 5.13 Å². The maximum Gasteiger partial charge on any atom is 0.279 e. The summed E-state index contributed by atoms with van der Waals surface area (Å²) in [4.78, 5) is 23.2. The van der Waals surface area contributed by atoms with E-state index in [9.17, 15) is 4.79 Å². The van der Waals surface area contributed by atoms with Crippen molar-refractivity contribution in [1.29, 1.82) is 0 Å². The summed E-state index contributed by atoms with van der Waals surface area (Å²) in [5, 5.41) is 7.39. The van der Waals surface area contributed by atoms with E-state index in [4.69, 9.17) is 0 Å². The number of fused-ring (bicyclic) bond motifs is 1. The number of anilines is 1. The van der Waals surface area contributed by atoms with E-state index in [0.717, 1.165) is 20.8 Å². The summed E-state index contributed by atoms with van der Waals surface area (Å²) in [5.41, 5.74) is 2.42. The number of amides is 1. The minimum absolute atomic E-state index is 0.137. The summed E-state index contributed by atoms with van der Waals surface area (Å²) in [5.74, 6) is -0.137. The standard InChI is InChI=1S/C16H11N3OS3/c1-19(16-18-11-4-2-3-5-13(11)23-16)15(20)12-9-22-14(17-12)10-6-7-21-8-10/h2-9H,1H3. The number of hydrogen-bond acceptors (Lipinski definition) is 6. The molecule has 0 aliphatic rings. The first kappa shape index (κ1) is 14.5. The van der Waals surface area contributed by atoms with E-state index < -0.39 is 0 Å². The summed E-state index contributed by atoms with van der Waals surface area (Å²) in [6.45, 7) is 0. The van der Waals surface area contributed by atoms with Gasteiger partial charge in [0, 0.05) is 23.4 Å². The third-order valence-electron chi connectivity index (χ3n) is 3.37. The lowest BCUT2D eigenvalue weighted by molar-refractivity contribution is 0.0989. The molecule has 0 N–H and O–H groups in total. The molecule has 0 unspecified atom stereocenters. The molecule has 7 heteroatoms. The second kappa shape index (κ2) is 5.84. The Morgan fingerprint density at radius 1 is 1.13 bits per heavy atom. The number of thiazole rings is 2. The number of carbonyl (C=O) groups excluding carboxylic acids is 1. The van der Waals surface area contributed by atoms with Crippen molar-refractivity contribution in [3.05, 3.63) is 52.2 Å². The molecule has 4 nitrogen and oxygen atoms in total. The van der Waals surface area contributed by atoms with Gasteiger partial charge in [-0.2, -0.15) is 11.3 Å². The summed E-state index contributed by atoms with van der Waals surface area (Å²) in [6.07, 6.45) is 0. The number of nitrogens with zero attached hydrogens (tertiary/aromatic N) is 3. The van der Waals surface area contributed by atoms with Gasteiger partial charge in [-0.3, -0.25) is 9.69 Å². The number of aromatic nitrogens is 2. The van der Waals surface area contributed by atoms with Gasteiger partial charge in [0.2, 0.25) is 0 Å². The molecule has 1 aromatic carbocycles. The van der Waals surface area contributed by atoms with Crippen molar-refractivity contribution in [3.8, 4) is 10.6 Å². The third kappa shape index (κ3) is 2.67. The Morgan fingerprint density at radius 3 is 2.78 bits per heavy atom. The molecule has 3 heterocycles. The Labute approximate surface area is 144 Å². The van der Waals surface area contributed by atoms with Crippen molar-refractivity contribution in [2.75, 3.05) is 11.9 Å². The van der Waals surface area contributed by atoms with Gasteiger partial charge in [0.1, 0.15) is 10.7 Å². The van der Waals surface area contributed by atoms with Crippen LogP contribution in [0.3, 0.4) is 0 Å². The second-order valence-electron chi connectivity index (χ2n) is 4.88. The van der Waals surface area contributed by atoms with E-state index in [2.05, 4.69) is 9.97 Å². The van der Waals surface area contributed by atoms with Crippen molar-refractivity contribution in [2.24, 2.45) is 0 Å². The predicted molar refractivity (Wildman–Crippen MR) is 97.8 cm³/mol. The molecule has 4 aromatic rings. The van der Waals surface area contributed by atoms with Crippen molar-refractivity contribution in [1.82, 2.24) is 9.97 Å². The summed E-state index contributed by atoms with van der Waals surface area (Å²) < 4.78 is 1.07. The molecule has 23 heavy (non-hydrogen) atoms. The smallest absolute Gasteiger partial charge is 0.279 e. The van der Waals surface area contributed by atoms with Crippen LogP contribution in [0.2, 0.25) is 0 Å². The molecular weight excluding hydrogens is 346 g/mol. The largest absolute Gasteiger partial charge is 0.286 e. The maximum absolute atomic E-state index is 12.6. The van der Waals surface area contributed by atoms with E-state index in [1.807, 2.05) is 41.1 Å². The van der Waals surface area contributed by atoms with Crippen LogP contribution < -0.4 is 4.90 Å². The predicted octanol–water partition coefficient (Wildman–Crippen LogP) is 4.76. The van der Waals surface area contributed by atoms with Crippen LogP contribution in [-0.2, 0) is 0 Å². The zero-order valence-electron chi connectivity index (χ0n) is 12.1. The Hall–Kier alpha value is -2.09. The van der Waals surface area contributed by atoms with Crippen LogP contribution in [0.1, 0.15) is 10.5 Å². The minimum atomic E-state index is -0.137. The number of carbonyl (C=O) groups is 1. The van der Waals surface area contributed by atoms with Crippen molar-refractivity contribution >= 4 is 55.3 Å². The van der Waals surface area contributed by atoms with E-state index in [-0.39, 0.29) is 5.91 Å². The molecule has 0 aliphatic carbocycles. The Kier molecular flexibility index (Phi) is 3.68. The van der Waals surface area contributed by atoms with E-state index in [0.29, 0.717) is 10.8 Å². The number of thiophene rings is 1. The number of benzene rings is 1. The van der Waals surface area contributed by atoms with Crippen LogP contribution in [0, 0.1) is 0 Å². The fourth-order valence-electron chi connectivity index (χ4n) is 2.15. The van der Waals surface area contributed by atoms with Gasteiger partial charge < -0.3 is 0 Å². The Balaban J connectivity index is 1.63. The van der Waals surface area contributed by atoms with Crippen LogP contribution in [0.5, 0.6) is 0 Å². The Bertz CT molecular complexity index is 938. The molecule has 1 amide bonds. The highest BCUT2D eigenvalue weighted by Gasteiger charge is 2.20. The third-order valence-corrected chi connectivity index (χ3v) is 6.05. The lowest BCUT2D eigenvalue weighted by Gasteiger charge is -2.11. The first-order valence-electron chi connectivity index (χ1n) is 6.84. The molecule has 4 rings (SSSR count). The van der Waals surface area contributed by atoms with E-state index >= 15 is 0 Å². The molecule has 114 valence electrons. The highest BCUT2D eigenvalue weighted by atomic mass is 32.1. The molecule has 0 saturated heterocycles. The SMILES string of the molecule is CN(C(=O)c1csc(-c2ccsc2)n1)c1nc2ccccc2s1. The first-order chi connectivity index (χ1) is 11.2. The summed E-state index contributed by atoms with van der Waals surface area (Å²) in [6, 6.07) is 9.88. The number of para-hydroxylation sites is 1. The topological polar surface area (TPSA) is 46.1 Å². The highest BCUT2D eigenvalue weighted by molar-refractivity contribution is 7.22. The maximum atomic E-state index is 12.6. The van der Waals surface area contributed by atoms with Crippen molar-refractivity contribution < 1.29 is 4.79 Å². The fourth-order valence-corrected chi connectivity index (χ4v) is 4.58. The zero-order chi connectivity index (χ0) is 15.8. The summed E-state index contributed by atoms with van der Waals surface area (Å²) in [7, 11) is 1.74. The van der Waals surface area contributed by atoms with Crippen molar-refractivity contribution in [3.63, 3.8) is 0 Å². The van der Waals surface area contributed by atoms with Gasteiger partial charge in [-0.15, -0.1) is 11.3 Å². The molecule has 0 saturated carbocycles. The van der Waals surface area contributed by atoms with Crippen LogP contribution in [0.15, 0.2) is 46.5 Å². The van der Waals surface area contributed by atoms with Gasteiger partial charge in [0.25, 0.3) is 5.91 Å². The van der Waals surface area contributed by atoms with Crippen LogP contribution in [0.25, 0.3) is 20.8 Å². The normalized spacial score (nSPS) is 11.0. The fraction of sp³-hybridized carbons (Fsp3) is 0.0625. The molecular formula is C16H11N3OS3. The van der Waals surface area contributed by atoms with Crippen molar-refractivity contribution in [2.45, 2.75) is 0 Å². The lowest BCUT2D eigenvalue weighted by Crippen LogP contribution is -2.26. The molecule has 0 radical (unpaired) electrons. The minimum Gasteiger partial charge on any atom is -0.286 e. The molecule has 0 bridgehead atoms. The first-order valence-corrected chi connectivity index (χ1v) is 9.48. The number of hydrogen-bond donors (Lipinski definition) is 0. The van der Waals surface area contributed by atoms with Gasteiger partial charge in [-0.1, -0.05) is 23.5 Å². The number of rotatable bonds is 3. The lowest BCUT2D eigenvalue weighted by atomic mass is 10.3. The van der Waals surface area contributed by atoms with Crippen LogP contribution in [0.4, 0.5) is 5.13 Å². The highest BCUT2D eigenvalue weighted by Crippen LogP contribution is 2.30. The molecule has 0 spiro atoms. The molecule has 0 atom stereocenters. The average Bonchev–Trinajstić information content (AvgIpc) is 3.32. The second-order valence-corrected chi connectivity index (χ2v) is 7.53. The van der Waals surface area contributed by atoms with E-state index in [1.54, 1.807) is 28.7 Å².